The van der Waals surface area contributed by atoms with Gasteiger partial charge >= 0.3 is 5.97 Å². The first-order valence-corrected chi connectivity index (χ1v) is 8.94. The molecule has 3 rings (SSSR count). The summed E-state index contributed by atoms with van der Waals surface area (Å²) in [4.78, 5) is 14.8. The van der Waals surface area contributed by atoms with Crippen molar-refractivity contribution in [1.29, 1.82) is 0 Å². The molecule has 26 heavy (non-hydrogen) atoms. The summed E-state index contributed by atoms with van der Waals surface area (Å²) in [7, 11) is 2.84. The highest BCUT2D eigenvalue weighted by Crippen LogP contribution is 2.46. The molecule has 8 nitrogen and oxygen atoms in total. The average molecular weight is 378 g/mol. The Morgan fingerprint density at radius 1 is 1.38 bits per heavy atom. The number of methoxy groups -OCH3 is 2. The third-order valence-corrected chi connectivity index (χ3v) is 5.42. The fourth-order valence-electron chi connectivity index (χ4n) is 2.59. The summed E-state index contributed by atoms with van der Waals surface area (Å²) < 4.78 is 15.4. The van der Waals surface area contributed by atoms with Gasteiger partial charge in [0.1, 0.15) is 17.7 Å². The molecule has 0 spiro atoms. The summed E-state index contributed by atoms with van der Waals surface area (Å²) in [5, 5.41) is 10.4. The molecule has 0 saturated carbocycles. The Morgan fingerprint density at radius 2 is 2.12 bits per heavy atom. The molecular weight excluding hydrogens is 356 g/mol. The van der Waals surface area contributed by atoms with Gasteiger partial charge in [-0.2, -0.15) is 5.10 Å². The van der Waals surface area contributed by atoms with Crippen LogP contribution in [0.5, 0.6) is 0 Å². The van der Waals surface area contributed by atoms with Gasteiger partial charge in [0.15, 0.2) is 11.3 Å². The summed E-state index contributed by atoms with van der Waals surface area (Å²) in [6.45, 7) is 8.09. The lowest BCUT2D eigenvalue weighted by atomic mass is 9.93. The quantitative estimate of drug-likeness (QED) is 0.449. The van der Waals surface area contributed by atoms with Gasteiger partial charge in [0.05, 0.1) is 26.2 Å². The molecule has 1 atom stereocenters. The zero-order valence-electron chi connectivity index (χ0n) is 15.6. The number of rotatable bonds is 4. The first-order chi connectivity index (χ1) is 12.3. The first kappa shape index (κ1) is 18.4. The van der Waals surface area contributed by atoms with E-state index in [2.05, 4.69) is 31.0 Å². The fourth-order valence-corrected chi connectivity index (χ4v) is 3.91. The molecule has 1 unspecified atom stereocenters. The standard InChI is InChI=1S/C17H22N4O4S/c1-10-14(11(8-23-5)15(22)24-6)26-16-20(9-18-21(10)16)13-7-12(25-19-13)17(2,3)4/h7-9,16H,1-6H3/b11-8-. The Hall–Kier alpha value is -2.42. The number of aromatic nitrogens is 1. The normalized spacial score (nSPS) is 20.1. The van der Waals surface area contributed by atoms with Crippen molar-refractivity contribution >= 4 is 29.9 Å². The third-order valence-electron chi connectivity index (χ3n) is 4.03. The van der Waals surface area contributed by atoms with Crippen LogP contribution >= 0.6 is 11.8 Å². The van der Waals surface area contributed by atoms with Crippen molar-refractivity contribution in [3.05, 3.63) is 34.3 Å². The zero-order valence-corrected chi connectivity index (χ0v) is 16.5. The number of carbonyl (C=O) groups excluding carboxylic acids is 1. The van der Waals surface area contributed by atoms with Crippen LogP contribution in [-0.2, 0) is 19.7 Å². The van der Waals surface area contributed by atoms with Gasteiger partial charge in [-0.1, -0.05) is 37.7 Å². The van der Waals surface area contributed by atoms with Gasteiger partial charge in [0.25, 0.3) is 0 Å². The molecule has 0 aliphatic carbocycles. The van der Waals surface area contributed by atoms with Gasteiger partial charge in [-0.05, 0) is 6.92 Å². The second-order valence-electron chi connectivity index (χ2n) is 6.90. The summed E-state index contributed by atoms with van der Waals surface area (Å²) >= 11 is 1.48. The van der Waals surface area contributed by atoms with Gasteiger partial charge in [-0.3, -0.25) is 4.90 Å². The van der Waals surface area contributed by atoms with E-state index in [1.807, 2.05) is 22.9 Å². The molecule has 0 bridgehead atoms. The Morgan fingerprint density at radius 3 is 2.69 bits per heavy atom. The number of anilines is 1. The Kier molecular flexibility index (Phi) is 4.74. The Balaban J connectivity index is 1.87. The molecule has 2 aliphatic rings. The minimum Gasteiger partial charge on any atom is -0.503 e. The highest BCUT2D eigenvalue weighted by Gasteiger charge is 2.42. The smallest absolute Gasteiger partial charge is 0.342 e. The molecule has 1 aromatic heterocycles. The van der Waals surface area contributed by atoms with E-state index in [0.29, 0.717) is 11.4 Å². The molecule has 1 aromatic rings. The molecule has 0 N–H and O–H groups in total. The zero-order chi connectivity index (χ0) is 19.1. The molecule has 0 radical (unpaired) electrons. The molecule has 2 aliphatic heterocycles. The molecule has 9 heteroatoms. The van der Waals surface area contributed by atoms with Crippen LogP contribution in [-0.4, -0.2) is 42.2 Å². The van der Waals surface area contributed by atoms with E-state index in [9.17, 15) is 4.79 Å². The number of hydrazone groups is 1. The third kappa shape index (κ3) is 3.07. The average Bonchev–Trinajstić information content (AvgIpc) is 3.28. The van der Waals surface area contributed by atoms with E-state index in [1.165, 1.54) is 32.2 Å². The van der Waals surface area contributed by atoms with Gasteiger partial charge in [-0.15, -0.1) is 0 Å². The second kappa shape index (κ2) is 6.71. The Bertz CT molecular complexity index is 806. The lowest BCUT2D eigenvalue weighted by molar-refractivity contribution is -0.135. The molecule has 0 aromatic carbocycles. The minimum absolute atomic E-state index is 0.136. The maximum Gasteiger partial charge on any atom is 0.342 e. The van der Waals surface area contributed by atoms with Crippen LogP contribution in [0, 0.1) is 0 Å². The van der Waals surface area contributed by atoms with Crippen molar-refractivity contribution in [3.63, 3.8) is 0 Å². The van der Waals surface area contributed by atoms with Crippen LogP contribution in [0.4, 0.5) is 5.82 Å². The number of fused-ring (bicyclic) bond motifs is 1. The minimum atomic E-state index is -0.457. The number of nitrogens with zero attached hydrogens (tertiary/aromatic N) is 4. The number of esters is 1. The maximum absolute atomic E-state index is 12.1. The molecule has 0 fully saturated rings. The topological polar surface area (TPSA) is 80.4 Å². The van der Waals surface area contributed by atoms with Gasteiger partial charge in [-0.25, -0.2) is 9.80 Å². The number of hydrogen-bond acceptors (Lipinski definition) is 9. The van der Waals surface area contributed by atoms with Crippen molar-refractivity contribution in [3.8, 4) is 0 Å². The van der Waals surface area contributed by atoms with E-state index in [1.54, 1.807) is 6.34 Å². The van der Waals surface area contributed by atoms with Crippen molar-refractivity contribution in [2.75, 3.05) is 19.1 Å². The number of hydrogen-bond donors (Lipinski definition) is 0. The summed E-state index contributed by atoms with van der Waals surface area (Å²) in [5.41, 5.74) is 0.876. The second-order valence-corrected chi connectivity index (χ2v) is 7.97. The van der Waals surface area contributed by atoms with E-state index >= 15 is 0 Å². The monoisotopic (exact) mass is 378 g/mol. The molecule has 140 valence electrons. The van der Waals surface area contributed by atoms with Crippen LogP contribution < -0.4 is 4.90 Å². The van der Waals surface area contributed by atoms with E-state index < -0.39 is 5.97 Å². The van der Waals surface area contributed by atoms with E-state index in [4.69, 9.17) is 14.0 Å². The molecule has 3 heterocycles. The van der Waals surface area contributed by atoms with Crippen LogP contribution in [0.1, 0.15) is 33.5 Å². The molecular formula is C17H22N4O4S. The van der Waals surface area contributed by atoms with Crippen LogP contribution in [0.2, 0.25) is 0 Å². The van der Waals surface area contributed by atoms with Crippen LogP contribution in [0.25, 0.3) is 0 Å². The number of ether oxygens (including phenoxy) is 2. The highest BCUT2D eigenvalue weighted by molar-refractivity contribution is 8.04. The first-order valence-electron chi connectivity index (χ1n) is 8.06. The SMILES string of the molecule is CO/C=C(\C(=O)OC)C1=C(C)N2N=CN(c3cc(C(C)(C)C)on3)C2S1. The largest absolute Gasteiger partial charge is 0.503 e. The number of allylic oxidation sites excluding steroid dienone is 1. The lowest BCUT2D eigenvalue weighted by Gasteiger charge is -2.22. The predicted octanol–water partition coefficient (Wildman–Crippen LogP) is 3.00. The van der Waals surface area contributed by atoms with Gasteiger partial charge in [0, 0.05) is 16.4 Å². The van der Waals surface area contributed by atoms with E-state index in [-0.39, 0.29) is 10.9 Å². The van der Waals surface area contributed by atoms with Gasteiger partial charge in [0.2, 0.25) is 0 Å². The summed E-state index contributed by atoms with van der Waals surface area (Å²) in [6.07, 6.45) is 3.10. The Labute approximate surface area is 156 Å². The molecule has 0 saturated heterocycles. The van der Waals surface area contributed by atoms with Crippen molar-refractivity contribution < 1.29 is 18.8 Å². The lowest BCUT2D eigenvalue weighted by Crippen LogP contribution is -2.33. The van der Waals surface area contributed by atoms with Gasteiger partial charge < -0.3 is 14.0 Å². The summed E-state index contributed by atoms with van der Waals surface area (Å²) in [5.74, 6) is 1.01. The van der Waals surface area contributed by atoms with Crippen LogP contribution in [0.15, 0.2) is 38.1 Å². The predicted molar refractivity (Wildman–Crippen MR) is 99.2 cm³/mol. The summed E-state index contributed by atoms with van der Waals surface area (Å²) in [6, 6.07) is 1.91. The maximum atomic E-state index is 12.1. The molecule has 0 amide bonds. The van der Waals surface area contributed by atoms with Crippen molar-refractivity contribution in [2.45, 2.75) is 38.6 Å². The number of thioether (sulfide) groups is 1. The fraction of sp³-hybridized carbons (Fsp3) is 0.471. The van der Waals surface area contributed by atoms with E-state index in [0.717, 1.165) is 16.4 Å². The van der Waals surface area contributed by atoms with Crippen molar-refractivity contribution in [1.82, 2.24) is 10.2 Å². The highest BCUT2D eigenvalue weighted by atomic mass is 32.2. The van der Waals surface area contributed by atoms with Crippen molar-refractivity contribution in [2.24, 2.45) is 5.10 Å². The number of carbonyl (C=O) groups is 1. The van der Waals surface area contributed by atoms with Crippen LogP contribution in [0.3, 0.4) is 0 Å².